The molecule has 6 heteroatoms. The molecule has 3 heterocycles. The average Bonchev–Trinajstić information content (AvgIpc) is 3.07. The fraction of sp³-hybridized carbons (Fsp3) is 0.429. The van der Waals surface area contributed by atoms with Crippen molar-refractivity contribution in [1.29, 1.82) is 0 Å². The number of hydrogen-bond acceptors (Lipinski definition) is 3. The molecule has 1 aliphatic rings. The van der Waals surface area contributed by atoms with Crippen LogP contribution in [0.1, 0.15) is 28.6 Å². The molecule has 0 radical (unpaired) electrons. The second-order valence-electron chi connectivity index (χ2n) is 5.10. The predicted molar refractivity (Wildman–Crippen MR) is 75.3 cm³/mol. The minimum atomic E-state index is -0.0260. The lowest BCUT2D eigenvalue weighted by Gasteiger charge is -2.25. The number of carbonyl (C=O) groups is 1. The van der Waals surface area contributed by atoms with Crippen LogP contribution in [0.2, 0.25) is 0 Å². The number of carbonyl (C=O) groups excluding carboxylic acids is 1. The third-order valence-electron chi connectivity index (χ3n) is 3.72. The molecular formula is C14H19N5O. The van der Waals surface area contributed by atoms with E-state index in [9.17, 15) is 4.79 Å². The maximum absolute atomic E-state index is 12.0. The van der Waals surface area contributed by atoms with Gasteiger partial charge in [-0.05, 0) is 24.6 Å². The van der Waals surface area contributed by atoms with Gasteiger partial charge in [0.15, 0.2) is 0 Å². The minimum Gasteiger partial charge on any atom is -0.351 e. The monoisotopic (exact) mass is 273 g/mol. The Labute approximate surface area is 117 Å². The summed E-state index contributed by atoms with van der Waals surface area (Å²) in [5.74, 6) is -0.0260. The van der Waals surface area contributed by atoms with Gasteiger partial charge in [-0.15, -0.1) is 0 Å². The van der Waals surface area contributed by atoms with Crippen LogP contribution < -0.4 is 10.6 Å². The summed E-state index contributed by atoms with van der Waals surface area (Å²) in [5, 5.41) is 10.7. The van der Waals surface area contributed by atoms with Crippen molar-refractivity contribution in [3.05, 3.63) is 42.0 Å². The molecule has 6 nitrogen and oxygen atoms in total. The Morgan fingerprint density at radius 1 is 1.55 bits per heavy atom. The van der Waals surface area contributed by atoms with Crippen molar-refractivity contribution in [2.75, 3.05) is 13.1 Å². The molecule has 106 valence electrons. The van der Waals surface area contributed by atoms with E-state index in [0.717, 1.165) is 19.5 Å². The van der Waals surface area contributed by atoms with Crippen molar-refractivity contribution in [3.8, 4) is 0 Å². The van der Waals surface area contributed by atoms with Crippen molar-refractivity contribution in [3.63, 3.8) is 0 Å². The molecule has 1 amide bonds. The fourth-order valence-corrected chi connectivity index (χ4v) is 2.63. The van der Waals surface area contributed by atoms with E-state index in [2.05, 4.69) is 20.4 Å². The van der Waals surface area contributed by atoms with E-state index < -0.39 is 0 Å². The molecule has 2 aromatic rings. The summed E-state index contributed by atoms with van der Waals surface area (Å²) in [6.45, 7) is 2.41. The van der Waals surface area contributed by atoms with Crippen LogP contribution in [0, 0.1) is 0 Å². The molecule has 3 rings (SSSR count). The van der Waals surface area contributed by atoms with Crippen molar-refractivity contribution >= 4 is 5.91 Å². The number of aromatic nitrogens is 3. The van der Waals surface area contributed by atoms with Crippen LogP contribution >= 0.6 is 0 Å². The van der Waals surface area contributed by atoms with Crippen LogP contribution in [0.5, 0.6) is 0 Å². The second kappa shape index (κ2) is 5.50. The highest BCUT2D eigenvalue weighted by Gasteiger charge is 2.19. The number of nitrogens with zero attached hydrogens (tertiary/aromatic N) is 3. The molecule has 0 saturated carbocycles. The molecule has 1 atom stereocenters. The number of rotatable bonds is 4. The second-order valence-corrected chi connectivity index (χ2v) is 5.10. The Kier molecular flexibility index (Phi) is 3.56. The molecule has 1 aliphatic heterocycles. The van der Waals surface area contributed by atoms with Gasteiger partial charge in [0.05, 0.1) is 11.7 Å². The van der Waals surface area contributed by atoms with Gasteiger partial charge in [-0.3, -0.25) is 9.48 Å². The first-order valence-corrected chi connectivity index (χ1v) is 6.88. The van der Waals surface area contributed by atoms with Crippen molar-refractivity contribution in [1.82, 2.24) is 25.0 Å². The Bertz CT molecular complexity index is 600. The van der Waals surface area contributed by atoms with Crippen molar-refractivity contribution < 1.29 is 4.79 Å². The molecule has 2 N–H and O–H groups in total. The van der Waals surface area contributed by atoms with Gasteiger partial charge in [0, 0.05) is 39.1 Å². The first-order chi connectivity index (χ1) is 9.75. The lowest BCUT2D eigenvalue weighted by molar-refractivity contribution is 0.0943. The Morgan fingerprint density at radius 2 is 2.45 bits per heavy atom. The summed E-state index contributed by atoms with van der Waals surface area (Å²) in [4.78, 5) is 12.0. The van der Waals surface area contributed by atoms with Gasteiger partial charge in [0.1, 0.15) is 5.69 Å². The van der Waals surface area contributed by atoms with E-state index in [4.69, 9.17) is 0 Å². The first kappa shape index (κ1) is 12.9. The van der Waals surface area contributed by atoms with E-state index in [1.807, 2.05) is 42.2 Å². The number of amides is 1. The zero-order valence-corrected chi connectivity index (χ0v) is 11.5. The highest BCUT2D eigenvalue weighted by atomic mass is 16.1. The highest BCUT2D eigenvalue weighted by molar-refractivity contribution is 5.92. The lowest BCUT2D eigenvalue weighted by atomic mass is 10.1. The quantitative estimate of drug-likeness (QED) is 0.861. The van der Waals surface area contributed by atoms with Gasteiger partial charge < -0.3 is 15.2 Å². The molecule has 2 aromatic heterocycles. The average molecular weight is 273 g/mol. The molecule has 0 aliphatic carbocycles. The van der Waals surface area contributed by atoms with Crippen LogP contribution in [-0.4, -0.2) is 33.3 Å². The summed E-state index contributed by atoms with van der Waals surface area (Å²) in [6.07, 6.45) is 4.58. The van der Waals surface area contributed by atoms with E-state index >= 15 is 0 Å². The van der Waals surface area contributed by atoms with Crippen molar-refractivity contribution in [2.45, 2.75) is 19.0 Å². The third-order valence-corrected chi connectivity index (χ3v) is 3.72. The van der Waals surface area contributed by atoms with E-state index in [1.54, 1.807) is 0 Å². The van der Waals surface area contributed by atoms with Gasteiger partial charge in [-0.25, -0.2) is 0 Å². The molecule has 0 fully saturated rings. The Balaban J connectivity index is 1.54. The normalized spacial score (nSPS) is 17.8. The van der Waals surface area contributed by atoms with Crippen molar-refractivity contribution in [2.24, 2.45) is 7.05 Å². The van der Waals surface area contributed by atoms with Crippen LogP contribution in [-0.2, 0) is 13.6 Å². The molecule has 20 heavy (non-hydrogen) atoms. The van der Waals surface area contributed by atoms with Crippen LogP contribution in [0.15, 0.2) is 30.6 Å². The molecule has 0 aromatic carbocycles. The molecule has 0 spiro atoms. The number of fused-ring (bicyclic) bond motifs is 1. The van der Waals surface area contributed by atoms with Crippen LogP contribution in [0.4, 0.5) is 0 Å². The van der Waals surface area contributed by atoms with Gasteiger partial charge >= 0.3 is 0 Å². The van der Waals surface area contributed by atoms with Gasteiger partial charge in [-0.2, -0.15) is 5.10 Å². The SMILES string of the molecule is Cn1cccc1C(=O)NCC[C@H]1CNCc2ccnn21. The highest BCUT2D eigenvalue weighted by Crippen LogP contribution is 2.16. The zero-order chi connectivity index (χ0) is 13.9. The van der Waals surface area contributed by atoms with Crippen LogP contribution in [0.3, 0.4) is 0 Å². The third kappa shape index (κ3) is 2.46. The lowest BCUT2D eigenvalue weighted by Crippen LogP contribution is -2.36. The van der Waals surface area contributed by atoms with E-state index in [0.29, 0.717) is 18.3 Å². The van der Waals surface area contributed by atoms with Crippen LogP contribution in [0.25, 0.3) is 0 Å². The van der Waals surface area contributed by atoms with Gasteiger partial charge in [-0.1, -0.05) is 0 Å². The summed E-state index contributed by atoms with van der Waals surface area (Å²) >= 11 is 0. The summed E-state index contributed by atoms with van der Waals surface area (Å²) in [5.41, 5.74) is 1.89. The van der Waals surface area contributed by atoms with E-state index in [-0.39, 0.29) is 5.91 Å². The predicted octanol–water partition coefficient (Wildman–Crippen LogP) is 0.686. The maximum Gasteiger partial charge on any atom is 0.267 e. The molecule has 0 bridgehead atoms. The fourth-order valence-electron chi connectivity index (χ4n) is 2.63. The Morgan fingerprint density at radius 3 is 3.25 bits per heavy atom. The zero-order valence-electron chi connectivity index (χ0n) is 11.5. The topological polar surface area (TPSA) is 63.9 Å². The standard InChI is InChI=1S/C14H19N5O/c1-18-8-2-3-13(18)14(20)16-6-4-11-9-15-10-12-5-7-17-19(11)12/h2-3,5,7-8,11,15H,4,6,9-10H2,1H3,(H,16,20)/t11-/m0/s1. The summed E-state index contributed by atoms with van der Waals surface area (Å²) in [7, 11) is 1.87. The number of nitrogens with one attached hydrogen (secondary N) is 2. The van der Waals surface area contributed by atoms with Gasteiger partial charge in [0.2, 0.25) is 0 Å². The summed E-state index contributed by atoms with van der Waals surface area (Å²) in [6, 6.07) is 6.03. The first-order valence-electron chi connectivity index (χ1n) is 6.88. The molecule has 0 unspecified atom stereocenters. The molecular weight excluding hydrogens is 254 g/mol. The number of aryl methyl sites for hydroxylation is 1. The largest absolute Gasteiger partial charge is 0.351 e. The molecule has 0 saturated heterocycles. The maximum atomic E-state index is 12.0. The minimum absolute atomic E-state index is 0.0260. The smallest absolute Gasteiger partial charge is 0.267 e. The number of hydrogen-bond donors (Lipinski definition) is 2. The van der Waals surface area contributed by atoms with Gasteiger partial charge in [0.25, 0.3) is 5.91 Å². The van der Waals surface area contributed by atoms with E-state index in [1.165, 1.54) is 5.69 Å². The summed E-state index contributed by atoms with van der Waals surface area (Å²) < 4.78 is 3.88. The Hall–Kier alpha value is -2.08.